The molecule has 0 aliphatic heterocycles. The summed E-state index contributed by atoms with van der Waals surface area (Å²) >= 11 is 0. The van der Waals surface area contributed by atoms with Crippen LogP contribution in [0.2, 0.25) is 0 Å². The highest BCUT2D eigenvalue weighted by Gasteiger charge is 2.16. The molecule has 0 aliphatic rings. The molecule has 0 saturated heterocycles. The van der Waals surface area contributed by atoms with Crippen LogP contribution in [0.15, 0.2) is 75.7 Å². The summed E-state index contributed by atoms with van der Waals surface area (Å²) in [4.78, 5) is 4.64. The maximum atomic E-state index is 6.31. The second-order valence-electron chi connectivity index (χ2n) is 7.38. The Balaban J connectivity index is 1.69. The average molecular weight is 363 g/mol. The second kappa shape index (κ2) is 5.46. The first-order chi connectivity index (χ1) is 13.7. The first-order valence-corrected chi connectivity index (χ1v) is 9.39. The third-order valence-electron chi connectivity index (χ3n) is 5.64. The molecule has 0 radical (unpaired) electrons. The lowest BCUT2D eigenvalue weighted by Gasteiger charge is -2.05. The Morgan fingerprint density at radius 2 is 1.43 bits per heavy atom. The number of hydrogen-bond donors (Lipinski definition) is 0. The van der Waals surface area contributed by atoms with E-state index in [1.165, 1.54) is 11.1 Å². The van der Waals surface area contributed by atoms with Gasteiger partial charge in [-0.1, -0.05) is 30.3 Å². The lowest BCUT2D eigenvalue weighted by Crippen LogP contribution is -1.88. The minimum atomic E-state index is 0.831. The minimum Gasteiger partial charge on any atom is -0.456 e. The van der Waals surface area contributed by atoms with E-state index in [-0.39, 0.29) is 0 Å². The normalized spacial score (nSPS) is 11.9. The summed E-state index contributed by atoms with van der Waals surface area (Å²) in [6.45, 7) is 4.19. The summed E-state index contributed by atoms with van der Waals surface area (Å²) in [6.07, 6.45) is 1.92. The molecule has 0 unspecified atom stereocenters. The van der Waals surface area contributed by atoms with E-state index in [4.69, 9.17) is 8.83 Å². The Morgan fingerprint density at radius 1 is 0.643 bits per heavy atom. The van der Waals surface area contributed by atoms with Crippen molar-refractivity contribution in [2.75, 3.05) is 0 Å². The van der Waals surface area contributed by atoms with Crippen molar-refractivity contribution in [2.45, 2.75) is 13.8 Å². The van der Waals surface area contributed by atoms with Gasteiger partial charge in [0.05, 0.1) is 5.69 Å². The average Bonchev–Trinajstić information content (AvgIpc) is 3.25. The first-order valence-electron chi connectivity index (χ1n) is 9.39. The first kappa shape index (κ1) is 15.5. The summed E-state index contributed by atoms with van der Waals surface area (Å²) in [5.74, 6) is 0. The number of benzene rings is 3. The van der Waals surface area contributed by atoms with Crippen molar-refractivity contribution in [3.05, 3.63) is 78.0 Å². The molecule has 3 aromatic heterocycles. The highest BCUT2D eigenvalue weighted by molar-refractivity contribution is 6.16. The number of furan rings is 2. The van der Waals surface area contributed by atoms with Crippen LogP contribution in [0.1, 0.15) is 11.1 Å². The quantitative estimate of drug-likeness (QED) is 0.311. The van der Waals surface area contributed by atoms with Gasteiger partial charge in [0.25, 0.3) is 0 Å². The molecule has 6 rings (SSSR count). The molecule has 28 heavy (non-hydrogen) atoms. The van der Waals surface area contributed by atoms with Gasteiger partial charge in [-0.05, 0) is 49.2 Å². The predicted octanol–water partition coefficient (Wildman–Crippen LogP) is 7.16. The summed E-state index contributed by atoms with van der Waals surface area (Å²) in [5.41, 5.74) is 7.80. The fraction of sp³-hybridized carbons (Fsp3) is 0.0800. The Kier molecular flexibility index (Phi) is 3.01. The van der Waals surface area contributed by atoms with Crippen molar-refractivity contribution < 1.29 is 8.83 Å². The molecule has 0 saturated carbocycles. The maximum Gasteiger partial charge on any atom is 0.144 e. The Bertz CT molecular complexity index is 1530. The molecule has 134 valence electrons. The summed E-state index contributed by atoms with van der Waals surface area (Å²) in [7, 11) is 0. The molecule has 0 bridgehead atoms. The molecular weight excluding hydrogens is 346 g/mol. The molecular formula is C25H17NO2. The Labute approximate surface area is 161 Å². The van der Waals surface area contributed by atoms with Crippen LogP contribution in [0.25, 0.3) is 55.1 Å². The molecule has 0 amide bonds. The van der Waals surface area contributed by atoms with Gasteiger partial charge in [-0.25, -0.2) is 0 Å². The zero-order valence-corrected chi connectivity index (χ0v) is 15.6. The third-order valence-corrected chi connectivity index (χ3v) is 5.64. The monoisotopic (exact) mass is 363 g/mol. The molecule has 0 fully saturated rings. The second-order valence-corrected chi connectivity index (χ2v) is 7.38. The molecule has 6 aromatic rings. The SMILES string of the molecule is Cc1cnc(-c2cccc3c2oc2cc4oc5ccccc5c4cc23)cc1C. The topological polar surface area (TPSA) is 39.2 Å². The fourth-order valence-corrected chi connectivity index (χ4v) is 3.99. The minimum absolute atomic E-state index is 0.831. The van der Waals surface area contributed by atoms with Gasteiger partial charge in [-0.15, -0.1) is 0 Å². The van der Waals surface area contributed by atoms with E-state index < -0.39 is 0 Å². The van der Waals surface area contributed by atoms with Crippen LogP contribution in [0.5, 0.6) is 0 Å². The molecule has 0 aliphatic carbocycles. The maximum absolute atomic E-state index is 6.31. The standard InChI is InChI=1S/C25H17NO2/c1-14-10-21(26-13-15(14)2)18-8-5-7-17-20-11-19-16-6-3-4-9-22(16)27-23(19)12-24(20)28-25(17)18/h3-13H,1-2H3. The van der Waals surface area contributed by atoms with Gasteiger partial charge >= 0.3 is 0 Å². The Hall–Kier alpha value is -3.59. The fourth-order valence-electron chi connectivity index (χ4n) is 3.99. The van der Waals surface area contributed by atoms with Crippen LogP contribution in [0.3, 0.4) is 0 Å². The van der Waals surface area contributed by atoms with Crippen LogP contribution >= 0.6 is 0 Å². The van der Waals surface area contributed by atoms with Crippen LogP contribution < -0.4 is 0 Å². The van der Waals surface area contributed by atoms with E-state index in [9.17, 15) is 0 Å². The third kappa shape index (κ3) is 2.07. The number of hydrogen-bond acceptors (Lipinski definition) is 3. The van der Waals surface area contributed by atoms with Gasteiger partial charge in [-0.2, -0.15) is 0 Å². The van der Waals surface area contributed by atoms with Crippen LogP contribution in [-0.2, 0) is 0 Å². The van der Waals surface area contributed by atoms with E-state index in [0.717, 1.165) is 55.1 Å². The van der Waals surface area contributed by atoms with E-state index in [0.29, 0.717) is 0 Å². The van der Waals surface area contributed by atoms with E-state index in [2.05, 4.69) is 55.2 Å². The number of para-hydroxylation sites is 2. The lowest BCUT2D eigenvalue weighted by atomic mass is 10.0. The zero-order chi connectivity index (χ0) is 18.8. The van der Waals surface area contributed by atoms with Crippen molar-refractivity contribution in [2.24, 2.45) is 0 Å². The van der Waals surface area contributed by atoms with Crippen molar-refractivity contribution in [3.8, 4) is 11.3 Å². The summed E-state index contributed by atoms with van der Waals surface area (Å²) in [5, 5.41) is 4.43. The predicted molar refractivity (Wildman–Crippen MR) is 114 cm³/mol. The van der Waals surface area contributed by atoms with E-state index in [1.807, 2.05) is 30.5 Å². The summed E-state index contributed by atoms with van der Waals surface area (Å²) < 4.78 is 12.3. The van der Waals surface area contributed by atoms with E-state index in [1.54, 1.807) is 0 Å². The van der Waals surface area contributed by atoms with Gasteiger partial charge in [0.2, 0.25) is 0 Å². The largest absolute Gasteiger partial charge is 0.456 e. The Morgan fingerprint density at radius 3 is 2.32 bits per heavy atom. The molecule has 3 heterocycles. The summed E-state index contributed by atoms with van der Waals surface area (Å²) in [6, 6.07) is 20.7. The molecule has 3 nitrogen and oxygen atoms in total. The zero-order valence-electron chi connectivity index (χ0n) is 15.6. The molecule has 0 spiro atoms. The van der Waals surface area contributed by atoms with Crippen LogP contribution in [0, 0.1) is 13.8 Å². The van der Waals surface area contributed by atoms with Crippen molar-refractivity contribution in [1.82, 2.24) is 4.98 Å². The van der Waals surface area contributed by atoms with E-state index >= 15 is 0 Å². The number of aryl methyl sites for hydroxylation is 2. The lowest BCUT2D eigenvalue weighted by molar-refractivity contribution is 0.656. The van der Waals surface area contributed by atoms with Crippen molar-refractivity contribution >= 4 is 43.9 Å². The highest BCUT2D eigenvalue weighted by Crippen LogP contribution is 2.39. The number of rotatable bonds is 1. The molecule has 3 aromatic carbocycles. The van der Waals surface area contributed by atoms with Crippen molar-refractivity contribution in [1.29, 1.82) is 0 Å². The van der Waals surface area contributed by atoms with Gasteiger partial charge in [0.15, 0.2) is 0 Å². The van der Waals surface area contributed by atoms with Gasteiger partial charge < -0.3 is 8.83 Å². The molecule has 0 atom stereocenters. The smallest absolute Gasteiger partial charge is 0.144 e. The van der Waals surface area contributed by atoms with Gasteiger partial charge in [-0.3, -0.25) is 4.98 Å². The van der Waals surface area contributed by atoms with Crippen molar-refractivity contribution in [3.63, 3.8) is 0 Å². The van der Waals surface area contributed by atoms with Gasteiger partial charge in [0, 0.05) is 39.4 Å². The highest BCUT2D eigenvalue weighted by atomic mass is 16.3. The van der Waals surface area contributed by atoms with Crippen LogP contribution in [-0.4, -0.2) is 4.98 Å². The van der Waals surface area contributed by atoms with Gasteiger partial charge in [0.1, 0.15) is 22.3 Å². The molecule has 3 heteroatoms. The molecule has 0 N–H and O–H groups in total. The number of nitrogens with zero attached hydrogens (tertiary/aromatic N) is 1. The number of fused-ring (bicyclic) bond motifs is 6. The van der Waals surface area contributed by atoms with Crippen LogP contribution in [0.4, 0.5) is 0 Å². The number of pyridine rings is 1. The number of aromatic nitrogens is 1.